The largest absolute Gasteiger partial charge is 0.367 e. The van der Waals surface area contributed by atoms with Gasteiger partial charge in [0, 0.05) is 6.20 Å². The first-order valence-electron chi connectivity index (χ1n) is 3.73. The molecule has 1 aromatic heterocycles. The molecule has 1 unspecified atom stereocenters. The maximum absolute atomic E-state index is 10.9. The molecule has 1 aromatic rings. The van der Waals surface area contributed by atoms with E-state index in [4.69, 9.17) is 16.9 Å². The van der Waals surface area contributed by atoms with Gasteiger partial charge in [0.15, 0.2) is 6.10 Å². The second-order valence-electron chi connectivity index (χ2n) is 2.42. The lowest BCUT2D eigenvalue weighted by Crippen LogP contribution is -2.24. The van der Waals surface area contributed by atoms with E-state index in [1.807, 2.05) is 0 Å². The summed E-state index contributed by atoms with van der Waals surface area (Å²) in [4.78, 5) is 13.7. The summed E-state index contributed by atoms with van der Waals surface area (Å²) >= 11 is 0. The highest BCUT2D eigenvalue weighted by atomic mass is 16.5. The first kappa shape index (κ1) is 9.36. The molecule has 0 saturated carbocycles. The molecule has 1 atom stereocenters. The van der Waals surface area contributed by atoms with Crippen LogP contribution in [0.1, 0.15) is 11.8 Å². The minimum Gasteiger partial charge on any atom is -0.367 e. The van der Waals surface area contributed by atoms with E-state index in [2.05, 4.69) is 10.9 Å². The van der Waals surface area contributed by atoms with Crippen LogP contribution < -0.4 is 5.73 Å². The summed E-state index contributed by atoms with van der Waals surface area (Å²) < 4.78 is 5.06. The van der Waals surface area contributed by atoms with Crippen LogP contribution >= 0.6 is 0 Å². The number of aromatic nitrogens is 1. The van der Waals surface area contributed by atoms with E-state index in [9.17, 15) is 4.79 Å². The predicted molar refractivity (Wildman–Crippen MR) is 47.5 cm³/mol. The van der Waals surface area contributed by atoms with Gasteiger partial charge in [-0.2, -0.15) is 0 Å². The first-order chi connectivity index (χ1) is 6.25. The highest BCUT2D eigenvalue weighted by Gasteiger charge is 2.18. The number of H-pyrrole nitrogens is 1. The summed E-state index contributed by atoms with van der Waals surface area (Å²) in [6.45, 7) is 0.0621. The number of carbonyl (C=O) groups excluding carboxylic acids is 1. The molecule has 0 aliphatic heterocycles. The Hall–Kier alpha value is -1.73. The van der Waals surface area contributed by atoms with Crippen LogP contribution in [0.25, 0.3) is 0 Å². The molecule has 1 rings (SSSR count). The van der Waals surface area contributed by atoms with Crippen LogP contribution in [0.5, 0.6) is 0 Å². The molecule has 13 heavy (non-hydrogen) atoms. The fourth-order valence-electron chi connectivity index (χ4n) is 0.964. The zero-order valence-corrected chi connectivity index (χ0v) is 6.99. The second-order valence-corrected chi connectivity index (χ2v) is 2.42. The van der Waals surface area contributed by atoms with Crippen molar-refractivity contribution in [3.05, 3.63) is 24.0 Å². The Morgan fingerprint density at radius 1 is 1.85 bits per heavy atom. The quantitative estimate of drug-likeness (QED) is 0.646. The SMILES string of the molecule is C#CCOC(C(N)=O)c1ccc[nH]1. The summed E-state index contributed by atoms with van der Waals surface area (Å²) in [7, 11) is 0. The molecule has 0 spiro atoms. The molecule has 3 N–H and O–H groups in total. The maximum Gasteiger partial charge on any atom is 0.252 e. The summed E-state index contributed by atoms with van der Waals surface area (Å²) in [5.74, 6) is 1.71. The molecule has 0 saturated heterocycles. The number of hydrogen-bond donors (Lipinski definition) is 2. The summed E-state index contributed by atoms with van der Waals surface area (Å²) in [6, 6.07) is 3.47. The van der Waals surface area contributed by atoms with Crippen molar-refractivity contribution in [1.82, 2.24) is 4.98 Å². The zero-order valence-electron chi connectivity index (χ0n) is 6.99. The lowest BCUT2D eigenvalue weighted by Gasteiger charge is -2.10. The minimum absolute atomic E-state index is 0.0621. The summed E-state index contributed by atoms with van der Waals surface area (Å²) in [5.41, 5.74) is 5.73. The van der Waals surface area contributed by atoms with Crippen LogP contribution in [0.4, 0.5) is 0 Å². The van der Waals surface area contributed by atoms with E-state index in [1.54, 1.807) is 18.3 Å². The topological polar surface area (TPSA) is 68.1 Å². The van der Waals surface area contributed by atoms with Gasteiger partial charge < -0.3 is 15.5 Å². The van der Waals surface area contributed by atoms with Gasteiger partial charge in [-0.25, -0.2) is 0 Å². The highest BCUT2D eigenvalue weighted by Crippen LogP contribution is 2.13. The molecular formula is C9H10N2O2. The fourth-order valence-corrected chi connectivity index (χ4v) is 0.964. The standard InChI is InChI=1S/C9H10N2O2/c1-2-6-13-8(9(10)12)7-4-3-5-11-7/h1,3-5,8,11H,6H2,(H2,10,12). The Bertz CT molecular complexity index is 311. The molecular weight excluding hydrogens is 168 g/mol. The van der Waals surface area contributed by atoms with Crippen LogP contribution in [0.15, 0.2) is 18.3 Å². The molecule has 1 amide bonds. The number of nitrogens with two attached hydrogens (primary N) is 1. The van der Waals surface area contributed by atoms with Crippen molar-refractivity contribution in [3.8, 4) is 12.3 Å². The Balaban J connectivity index is 2.70. The number of carbonyl (C=O) groups is 1. The zero-order chi connectivity index (χ0) is 9.68. The lowest BCUT2D eigenvalue weighted by molar-refractivity contribution is -0.129. The van der Waals surface area contributed by atoms with Gasteiger partial charge >= 0.3 is 0 Å². The van der Waals surface area contributed by atoms with Gasteiger partial charge in [-0.1, -0.05) is 5.92 Å². The third-order valence-corrected chi connectivity index (χ3v) is 1.50. The highest BCUT2D eigenvalue weighted by molar-refractivity contribution is 5.79. The van der Waals surface area contributed by atoms with Crippen molar-refractivity contribution in [2.45, 2.75) is 6.10 Å². The van der Waals surface area contributed by atoms with Crippen LogP contribution in [-0.2, 0) is 9.53 Å². The maximum atomic E-state index is 10.9. The van der Waals surface area contributed by atoms with Crippen LogP contribution in [-0.4, -0.2) is 17.5 Å². The van der Waals surface area contributed by atoms with Gasteiger partial charge in [-0.05, 0) is 12.1 Å². The minimum atomic E-state index is -0.786. The van der Waals surface area contributed by atoms with Crippen molar-refractivity contribution in [2.24, 2.45) is 5.73 Å². The number of amides is 1. The molecule has 0 aliphatic carbocycles. The summed E-state index contributed by atoms with van der Waals surface area (Å²) in [6.07, 6.45) is 5.89. The van der Waals surface area contributed by atoms with E-state index in [0.717, 1.165) is 0 Å². The van der Waals surface area contributed by atoms with Gasteiger partial charge in [-0.3, -0.25) is 4.79 Å². The number of ether oxygens (including phenoxy) is 1. The third-order valence-electron chi connectivity index (χ3n) is 1.50. The van der Waals surface area contributed by atoms with Crippen molar-refractivity contribution >= 4 is 5.91 Å². The van der Waals surface area contributed by atoms with E-state index < -0.39 is 12.0 Å². The van der Waals surface area contributed by atoms with E-state index >= 15 is 0 Å². The van der Waals surface area contributed by atoms with Gasteiger partial charge in [0.05, 0.1) is 5.69 Å². The van der Waals surface area contributed by atoms with Crippen molar-refractivity contribution < 1.29 is 9.53 Å². The number of nitrogens with one attached hydrogen (secondary N) is 1. The van der Waals surface area contributed by atoms with Gasteiger partial charge in [0.2, 0.25) is 0 Å². The average molecular weight is 178 g/mol. The predicted octanol–water partition coefficient (Wildman–Crippen LogP) is 0.191. The normalized spacial score (nSPS) is 11.9. The molecule has 0 bridgehead atoms. The number of hydrogen-bond acceptors (Lipinski definition) is 2. The van der Waals surface area contributed by atoms with Crippen molar-refractivity contribution in [2.75, 3.05) is 6.61 Å². The van der Waals surface area contributed by atoms with Gasteiger partial charge in [0.1, 0.15) is 6.61 Å². The molecule has 4 nitrogen and oxygen atoms in total. The Morgan fingerprint density at radius 2 is 2.62 bits per heavy atom. The van der Waals surface area contributed by atoms with Crippen LogP contribution in [0.3, 0.4) is 0 Å². The van der Waals surface area contributed by atoms with E-state index in [1.165, 1.54) is 0 Å². The average Bonchev–Trinajstić information content (AvgIpc) is 2.57. The second kappa shape index (κ2) is 4.33. The molecule has 1 heterocycles. The van der Waals surface area contributed by atoms with Crippen LogP contribution in [0.2, 0.25) is 0 Å². The lowest BCUT2D eigenvalue weighted by atomic mass is 10.2. The number of rotatable bonds is 4. The number of primary amides is 1. The fraction of sp³-hybridized carbons (Fsp3) is 0.222. The Morgan fingerprint density at radius 3 is 3.08 bits per heavy atom. The Kier molecular flexibility index (Phi) is 3.12. The van der Waals surface area contributed by atoms with Gasteiger partial charge in [0.25, 0.3) is 5.91 Å². The first-order valence-corrected chi connectivity index (χ1v) is 3.73. The molecule has 0 fully saturated rings. The summed E-state index contributed by atoms with van der Waals surface area (Å²) in [5, 5.41) is 0. The third kappa shape index (κ3) is 2.36. The van der Waals surface area contributed by atoms with Crippen molar-refractivity contribution in [3.63, 3.8) is 0 Å². The number of aromatic amines is 1. The molecule has 4 heteroatoms. The molecule has 0 aliphatic rings. The monoisotopic (exact) mass is 178 g/mol. The van der Waals surface area contributed by atoms with E-state index in [-0.39, 0.29) is 6.61 Å². The smallest absolute Gasteiger partial charge is 0.252 e. The van der Waals surface area contributed by atoms with Crippen LogP contribution in [0, 0.1) is 12.3 Å². The number of terminal acetylenes is 1. The van der Waals surface area contributed by atoms with E-state index in [0.29, 0.717) is 5.69 Å². The van der Waals surface area contributed by atoms with Crippen molar-refractivity contribution in [1.29, 1.82) is 0 Å². The Labute approximate surface area is 76.1 Å². The molecule has 68 valence electrons. The van der Waals surface area contributed by atoms with Gasteiger partial charge in [-0.15, -0.1) is 6.42 Å². The molecule has 0 aromatic carbocycles. The molecule has 0 radical (unpaired) electrons.